The van der Waals surface area contributed by atoms with Gasteiger partial charge >= 0.3 is 6.03 Å². The largest absolute Gasteiger partial charge is 0.342 e. The molecule has 0 unspecified atom stereocenters. The highest BCUT2D eigenvalue weighted by Gasteiger charge is 2.57. The monoisotopic (exact) mass is 658 g/mol. The third kappa shape index (κ3) is 7.39. The smallest absolute Gasteiger partial charge is 0.327 e. The van der Waals surface area contributed by atoms with Crippen LogP contribution in [0.2, 0.25) is 0 Å². The Morgan fingerprint density at radius 1 is 0.956 bits per heavy atom. The molecule has 2 aromatic carbocycles. The molecule has 246 valence electrons. The van der Waals surface area contributed by atoms with Crippen LogP contribution in [-0.2, 0) is 26.0 Å². The van der Waals surface area contributed by atoms with E-state index >= 15 is 0 Å². The molecule has 0 radical (unpaired) electrons. The van der Waals surface area contributed by atoms with E-state index in [1.807, 2.05) is 17.9 Å². The number of likely N-dealkylation sites (tertiary alicyclic amines) is 2. The topological polar surface area (TPSA) is 98.3 Å². The van der Waals surface area contributed by atoms with Gasteiger partial charge in [0.25, 0.3) is 5.91 Å². The fourth-order valence-corrected chi connectivity index (χ4v) is 7.84. The van der Waals surface area contributed by atoms with Crippen molar-refractivity contribution in [1.82, 2.24) is 19.6 Å². The maximum atomic E-state index is 13.9. The summed E-state index contributed by atoms with van der Waals surface area (Å²) in [6.45, 7) is 12.4. The molecule has 45 heavy (non-hydrogen) atoms. The number of rotatable bonds is 8. The number of sulfone groups is 1. The Morgan fingerprint density at radius 2 is 1.58 bits per heavy atom. The number of amides is 4. The third-order valence-corrected chi connectivity index (χ3v) is 10.6. The average molecular weight is 659 g/mol. The molecule has 5 rings (SSSR count). The van der Waals surface area contributed by atoms with Crippen molar-refractivity contribution in [3.63, 3.8) is 0 Å². The van der Waals surface area contributed by atoms with Crippen LogP contribution < -0.4 is 0 Å². The Labute approximate surface area is 274 Å². The number of halogens is 1. The van der Waals surface area contributed by atoms with Gasteiger partial charge in [0, 0.05) is 57.9 Å². The third-order valence-electron chi connectivity index (χ3n) is 9.51. The summed E-state index contributed by atoms with van der Waals surface area (Å²) in [6.07, 6.45) is 2.80. The molecule has 0 aromatic heterocycles. The van der Waals surface area contributed by atoms with Crippen molar-refractivity contribution in [2.75, 3.05) is 45.5 Å². The van der Waals surface area contributed by atoms with Gasteiger partial charge in [0.05, 0.1) is 11.4 Å². The predicted molar refractivity (Wildman–Crippen MR) is 177 cm³/mol. The number of carbonyl (C=O) groups excluding carboxylic acids is 3. The van der Waals surface area contributed by atoms with E-state index < -0.39 is 15.4 Å². The van der Waals surface area contributed by atoms with Crippen molar-refractivity contribution < 1.29 is 22.8 Å². The van der Waals surface area contributed by atoms with E-state index in [1.54, 1.807) is 17.0 Å². The summed E-state index contributed by atoms with van der Waals surface area (Å²) >= 11 is 0. The first-order chi connectivity index (χ1) is 20.7. The van der Waals surface area contributed by atoms with Crippen LogP contribution in [0.1, 0.15) is 64.0 Å². The number of urea groups is 1. The van der Waals surface area contributed by atoms with Crippen LogP contribution >= 0.6 is 12.4 Å². The second kappa shape index (κ2) is 13.4. The van der Waals surface area contributed by atoms with Gasteiger partial charge in [-0.2, -0.15) is 0 Å². The fourth-order valence-electron chi connectivity index (χ4n) is 7.21. The quantitative estimate of drug-likeness (QED) is 0.378. The Balaban J connectivity index is 0.00000461. The second-order valence-corrected chi connectivity index (χ2v) is 16.0. The van der Waals surface area contributed by atoms with Crippen LogP contribution in [0.3, 0.4) is 0 Å². The van der Waals surface area contributed by atoms with E-state index in [1.165, 1.54) is 22.6 Å². The summed E-state index contributed by atoms with van der Waals surface area (Å²) in [5, 5.41) is 0. The number of piperidine rings is 1. The maximum Gasteiger partial charge on any atom is 0.327 e. The minimum atomic E-state index is -3.33. The average Bonchev–Trinajstić information content (AvgIpc) is 3.47. The zero-order valence-electron chi connectivity index (χ0n) is 27.1. The summed E-state index contributed by atoms with van der Waals surface area (Å²) in [6, 6.07) is 16.5. The van der Waals surface area contributed by atoms with Gasteiger partial charge in [-0.25, -0.2) is 13.2 Å². The molecule has 11 heteroatoms. The standard InChI is InChI=1S/C34H46N4O5S.ClH/c1-6-38-32(41)37(21-25-12-14-28(15-13-25)44(5,42)43)31(40)34(38)16-18-35(19-17-34)22-27-23-36(30(39)20-33(2,3)4)24-29(27)26-10-8-7-9-11-26;/h7-15,27,29H,6,16-24H2,1-5H3;1H/t27-,29+;/m0./s1. The van der Waals surface area contributed by atoms with E-state index in [9.17, 15) is 22.8 Å². The second-order valence-electron chi connectivity index (χ2n) is 14.0. The predicted octanol–water partition coefficient (Wildman–Crippen LogP) is 4.81. The fraction of sp³-hybridized carbons (Fsp3) is 0.559. The van der Waals surface area contributed by atoms with Crippen LogP contribution in [0, 0.1) is 11.3 Å². The summed E-state index contributed by atoms with van der Waals surface area (Å²) in [4.78, 5) is 48.3. The van der Waals surface area contributed by atoms with Crippen LogP contribution in [0.4, 0.5) is 4.79 Å². The summed E-state index contributed by atoms with van der Waals surface area (Å²) < 4.78 is 23.7. The van der Waals surface area contributed by atoms with Crippen LogP contribution in [0.15, 0.2) is 59.5 Å². The Hall–Kier alpha value is -2.95. The summed E-state index contributed by atoms with van der Waals surface area (Å²) in [7, 11) is -3.33. The molecular weight excluding hydrogens is 612 g/mol. The Bertz CT molecular complexity index is 1480. The zero-order valence-corrected chi connectivity index (χ0v) is 28.7. The van der Waals surface area contributed by atoms with E-state index in [2.05, 4.69) is 49.9 Å². The molecule has 3 heterocycles. The Kier molecular flexibility index (Phi) is 10.4. The molecule has 4 amide bonds. The van der Waals surface area contributed by atoms with Crippen molar-refractivity contribution in [3.8, 4) is 0 Å². The zero-order chi connectivity index (χ0) is 31.9. The number of carbonyl (C=O) groups is 3. The van der Waals surface area contributed by atoms with Crippen molar-refractivity contribution >= 4 is 40.1 Å². The van der Waals surface area contributed by atoms with E-state index in [-0.39, 0.29) is 58.9 Å². The minimum absolute atomic E-state index is 0. The number of hydrogen-bond acceptors (Lipinski definition) is 6. The molecule has 2 aromatic rings. The minimum Gasteiger partial charge on any atom is -0.342 e. The molecule has 1 spiro atoms. The van der Waals surface area contributed by atoms with E-state index in [4.69, 9.17) is 0 Å². The van der Waals surface area contributed by atoms with Crippen LogP contribution in [0.5, 0.6) is 0 Å². The van der Waals surface area contributed by atoms with E-state index in [0.29, 0.717) is 44.5 Å². The van der Waals surface area contributed by atoms with Crippen molar-refractivity contribution in [2.24, 2.45) is 11.3 Å². The van der Waals surface area contributed by atoms with Crippen molar-refractivity contribution in [3.05, 3.63) is 65.7 Å². The number of imide groups is 1. The van der Waals surface area contributed by atoms with Gasteiger partial charge in [0.2, 0.25) is 5.91 Å². The normalized spacial score (nSPS) is 22.3. The molecule has 3 saturated heterocycles. The van der Waals surface area contributed by atoms with Gasteiger partial charge in [0.1, 0.15) is 5.54 Å². The highest BCUT2D eigenvalue weighted by molar-refractivity contribution is 7.90. The summed E-state index contributed by atoms with van der Waals surface area (Å²) in [5.74, 6) is 0.573. The molecule has 3 aliphatic heterocycles. The lowest BCUT2D eigenvalue weighted by atomic mass is 9.84. The molecular formula is C34H47ClN4O5S. The van der Waals surface area contributed by atoms with Gasteiger partial charge in [-0.05, 0) is 54.4 Å². The van der Waals surface area contributed by atoms with Crippen molar-refractivity contribution in [1.29, 1.82) is 0 Å². The van der Waals surface area contributed by atoms with Gasteiger partial charge in [-0.3, -0.25) is 14.5 Å². The molecule has 3 fully saturated rings. The van der Waals surface area contributed by atoms with Crippen molar-refractivity contribution in [2.45, 2.75) is 69.9 Å². The highest BCUT2D eigenvalue weighted by Crippen LogP contribution is 2.40. The van der Waals surface area contributed by atoms with E-state index in [0.717, 1.165) is 25.9 Å². The first kappa shape index (κ1) is 34.9. The molecule has 2 atom stereocenters. The van der Waals surface area contributed by atoms with Gasteiger partial charge in [-0.15, -0.1) is 12.4 Å². The SMILES string of the molecule is CCN1C(=O)N(Cc2ccc(S(C)(=O)=O)cc2)C(=O)C12CCN(C[C@H]1CN(C(=O)CC(C)(C)C)C[C@@H]1c1ccccc1)CC2.Cl. The maximum absolute atomic E-state index is 13.9. The van der Waals surface area contributed by atoms with Gasteiger partial charge in [-0.1, -0.05) is 63.2 Å². The first-order valence-corrected chi connectivity index (χ1v) is 17.6. The number of hydrogen-bond donors (Lipinski definition) is 0. The molecule has 0 aliphatic carbocycles. The lowest BCUT2D eigenvalue weighted by Crippen LogP contribution is -2.57. The summed E-state index contributed by atoms with van der Waals surface area (Å²) in [5.41, 5.74) is 1.04. The molecule has 9 nitrogen and oxygen atoms in total. The number of nitrogens with zero attached hydrogens (tertiary/aromatic N) is 4. The molecule has 3 aliphatic rings. The highest BCUT2D eigenvalue weighted by atomic mass is 35.5. The lowest BCUT2D eigenvalue weighted by Gasteiger charge is -2.42. The molecule has 0 saturated carbocycles. The molecule has 0 N–H and O–H groups in total. The number of likely N-dealkylation sites (N-methyl/N-ethyl adjacent to an activating group) is 1. The van der Waals surface area contributed by atoms with Crippen LogP contribution in [-0.4, -0.2) is 96.9 Å². The van der Waals surface area contributed by atoms with Gasteiger partial charge in [0.15, 0.2) is 9.84 Å². The lowest BCUT2D eigenvalue weighted by molar-refractivity contribution is -0.136. The van der Waals surface area contributed by atoms with Gasteiger partial charge < -0.3 is 14.7 Å². The van der Waals surface area contributed by atoms with Crippen LogP contribution in [0.25, 0.3) is 0 Å². The first-order valence-electron chi connectivity index (χ1n) is 15.7. The number of benzene rings is 2. The molecule has 0 bridgehead atoms. The Morgan fingerprint density at radius 3 is 2.13 bits per heavy atom.